The quantitative estimate of drug-likeness (QED) is 0.217. The van der Waals surface area contributed by atoms with Gasteiger partial charge in [0.2, 0.25) is 0 Å². The summed E-state index contributed by atoms with van der Waals surface area (Å²) >= 11 is 0. The van der Waals surface area contributed by atoms with E-state index in [0.29, 0.717) is 37.9 Å². The zero-order chi connectivity index (χ0) is 22.2. The topological polar surface area (TPSA) is 96.2 Å². The van der Waals surface area contributed by atoms with Crippen molar-refractivity contribution in [1.29, 1.82) is 0 Å². The molecule has 6 heteroatoms. The van der Waals surface area contributed by atoms with Gasteiger partial charge in [0.25, 0.3) is 0 Å². The second-order valence-electron chi connectivity index (χ2n) is 9.46. The molecule has 4 atom stereocenters. The van der Waals surface area contributed by atoms with Crippen molar-refractivity contribution in [3.63, 3.8) is 0 Å². The Kier molecular flexibility index (Phi) is 18.1. The Balaban J connectivity index is 0. The van der Waals surface area contributed by atoms with Crippen LogP contribution in [0.5, 0.6) is 0 Å². The van der Waals surface area contributed by atoms with E-state index in [1.54, 1.807) is 13.8 Å². The molecule has 4 unspecified atom stereocenters. The van der Waals surface area contributed by atoms with Gasteiger partial charge in [-0.3, -0.25) is 4.79 Å². The lowest BCUT2D eigenvalue weighted by Gasteiger charge is -2.17. The van der Waals surface area contributed by atoms with E-state index in [2.05, 4.69) is 20.8 Å². The molecule has 0 radical (unpaired) electrons. The minimum atomic E-state index is -0.675. The Morgan fingerprint density at radius 1 is 0.821 bits per heavy atom. The van der Waals surface area contributed by atoms with Gasteiger partial charge in [0.15, 0.2) is 0 Å². The monoisotopic (exact) mass is 406 g/mol. The van der Waals surface area contributed by atoms with E-state index in [-0.39, 0.29) is 24.0 Å². The second-order valence-corrected chi connectivity index (χ2v) is 9.46. The first-order chi connectivity index (χ1) is 12.8. The van der Waals surface area contributed by atoms with Crippen LogP contribution in [0.4, 0.5) is 0 Å². The molecule has 6 nitrogen and oxygen atoms in total. The zero-order valence-corrected chi connectivity index (χ0v) is 19.2. The molecule has 3 N–H and O–H groups in total. The van der Waals surface area contributed by atoms with Crippen molar-refractivity contribution in [3.05, 3.63) is 0 Å². The lowest BCUT2D eigenvalue weighted by Crippen LogP contribution is -2.16. The van der Waals surface area contributed by atoms with Crippen molar-refractivity contribution in [2.75, 3.05) is 13.2 Å². The van der Waals surface area contributed by atoms with E-state index in [4.69, 9.17) is 25.1 Å². The van der Waals surface area contributed by atoms with Crippen LogP contribution in [0.15, 0.2) is 0 Å². The largest absolute Gasteiger partial charge is 0.481 e. The molecule has 28 heavy (non-hydrogen) atoms. The molecule has 0 aliphatic rings. The number of hydrogen-bond acceptors (Lipinski definition) is 5. The van der Waals surface area contributed by atoms with Gasteiger partial charge in [0, 0.05) is 6.42 Å². The van der Waals surface area contributed by atoms with Gasteiger partial charge in [-0.1, -0.05) is 47.5 Å². The highest BCUT2D eigenvalue weighted by molar-refractivity contribution is 5.66. The van der Waals surface area contributed by atoms with Crippen LogP contribution in [-0.2, 0) is 14.6 Å². The van der Waals surface area contributed by atoms with Gasteiger partial charge < -0.3 is 15.3 Å². The Morgan fingerprint density at radius 2 is 1.25 bits per heavy atom. The zero-order valence-electron chi connectivity index (χ0n) is 19.2. The summed E-state index contributed by atoms with van der Waals surface area (Å²) in [6.07, 6.45) is 5.36. The summed E-state index contributed by atoms with van der Waals surface area (Å²) in [5.41, 5.74) is 0.392. The Bertz CT molecular complexity index is 345. The third-order valence-corrected chi connectivity index (χ3v) is 4.09. The van der Waals surface area contributed by atoms with Crippen LogP contribution in [-0.4, -0.2) is 46.7 Å². The highest BCUT2D eigenvalue weighted by Gasteiger charge is 2.10. The average molecular weight is 407 g/mol. The first-order valence-electron chi connectivity index (χ1n) is 10.7. The predicted octanol–water partition coefficient (Wildman–Crippen LogP) is 4.82. The van der Waals surface area contributed by atoms with Crippen LogP contribution >= 0.6 is 0 Å². The summed E-state index contributed by atoms with van der Waals surface area (Å²) in [4.78, 5) is 20.3. The molecule has 0 fully saturated rings. The molecule has 0 saturated heterocycles. The molecular weight excluding hydrogens is 360 g/mol. The fraction of sp³-hybridized carbons (Fsp3) is 0.955. The Hall–Kier alpha value is -0.690. The molecule has 0 aromatic rings. The van der Waals surface area contributed by atoms with Crippen LogP contribution in [0.25, 0.3) is 0 Å². The van der Waals surface area contributed by atoms with Crippen LogP contribution in [0.1, 0.15) is 93.4 Å². The highest BCUT2D eigenvalue weighted by Crippen LogP contribution is 2.22. The molecule has 0 heterocycles. The second kappa shape index (κ2) is 17.2. The van der Waals surface area contributed by atoms with Gasteiger partial charge in [-0.2, -0.15) is 0 Å². The number of rotatable bonds is 14. The molecule has 0 saturated carbocycles. The third kappa shape index (κ3) is 27.5. The van der Waals surface area contributed by atoms with Gasteiger partial charge in [-0.15, -0.1) is 0 Å². The number of aliphatic carboxylic acids is 1. The number of carboxylic acids is 1. The smallest absolute Gasteiger partial charge is 0.303 e. The first-order valence-corrected chi connectivity index (χ1v) is 10.7. The molecule has 0 aromatic heterocycles. The lowest BCUT2D eigenvalue weighted by atomic mass is 9.89. The minimum Gasteiger partial charge on any atom is -0.481 e. The SMILES string of the molecule is CC(C)(C)CCCCCC(=O)O.CC(O)CC(C)COOCC(C)CC(C)O. The molecule has 170 valence electrons. The minimum absolute atomic E-state index is 0.284. The van der Waals surface area contributed by atoms with Crippen LogP contribution < -0.4 is 0 Å². The molecule has 0 bridgehead atoms. The number of aliphatic hydroxyl groups excluding tert-OH is 2. The van der Waals surface area contributed by atoms with Gasteiger partial charge in [-0.25, -0.2) is 9.78 Å². The number of carbonyl (C=O) groups is 1. The van der Waals surface area contributed by atoms with Crippen molar-refractivity contribution >= 4 is 5.97 Å². The summed E-state index contributed by atoms with van der Waals surface area (Å²) in [5.74, 6) is -0.107. The standard InChI is InChI=1S/C12H26O4.C10H20O2/c1-9(5-11(3)13)7-15-16-8-10(2)6-12(4)14;1-10(2,3)8-6-4-5-7-9(11)12/h9-14H,5-8H2,1-4H3;4-8H2,1-3H3,(H,11,12). The number of aliphatic hydroxyl groups is 2. The van der Waals surface area contributed by atoms with Crippen molar-refractivity contribution < 1.29 is 29.9 Å². The normalized spacial score (nSPS) is 15.9. The maximum absolute atomic E-state index is 10.2. The summed E-state index contributed by atoms with van der Waals surface area (Å²) in [5, 5.41) is 26.7. The van der Waals surface area contributed by atoms with Crippen LogP contribution in [0.3, 0.4) is 0 Å². The Labute approximate surface area is 172 Å². The van der Waals surface area contributed by atoms with Crippen molar-refractivity contribution in [2.45, 2.75) is 106 Å². The van der Waals surface area contributed by atoms with E-state index in [9.17, 15) is 4.79 Å². The van der Waals surface area contributed by atoms with Gasteiger partial charge in [-0.05, 0) is 56.8 Å². The molecule has 0 spiro atoms. The molecule has 0 aliphatic carbocycles. The van der Waals surface area contributed by atoms with Crippen molar-refractivity contribution in [1.82, 2.24) is 0 Å². The molecule has 0 amide bonds. The summed E-state index contributed by atoms with van der Waals surface area (Å²) in [6, 6.07) is 0. The number of unbranched alkanes of at least 4 members (excludes halogenated alkanes) is 2. The van der Waals surface area contributed by atoms with E-state index < -0.39 is 5.97 Å². The number of hydrogen-bond donors (Lipinski definition) is 3. The fourth-order valence-corrected chi connectivity index (χ4v) is 2.74. The van der Waals surface area contributed by atoms with Gasteiger partial charge in [0.1, 0.15) is 0 Å². The third-order valence-electron chi connectivity index (χ3n) is 4.09. The molecule has 0 rings (SSSR count). The fourth-order valence-electron chi connectivity index (χ4n) is 2.74. The summed E-state index contributed by atoms with van der Waals surface area (Å²) in [7, 11) is 0. The molecule has 0 aliphatic heterocycles. The van der Waals surface area contributed by atoms with Crippen LogP contribution in [0.2, 0.25) is 0 Å². The summed E-state index contributed by atoms with van der Waals surface area (Å²) < 4.78 is 0. The van der Waals surface area contributed by atoms with E-state index in [0.717, 1.165) is 19.3 Å². The molecular formula is C22H46O6. The maximum Gasteiger partial charge on any atom is 0.303 e. The van der Waals surface area contributed by atoms with E-state index in [1.807, 2.05) is 13.8 Å². The predicted molar refractivity (Wildman–Crippen MR) is 113 cm³/mol. The van der Waals surface area contributed by atoms with Gasteiger partial charge >= 0.3 is 5.97 Å². The van der Waals surface area contributed by atoms with E-state index >= 15 is 0 Å². The van der Waals surface area contributed by atoms with Crippen LogP contribution in [0, 0.1) is 17.3 Å². The highest BCUT2D eigenvalue weighted by atomic mass is 17.2. The van der Waals surface area contributed by atoms with Crippen molar-refractivity contribution in [3.8, 4) is 0 Å². The van der Waals surface area contributed by atoms with Gasteiger partial charge in [0.05, 0.1) is 25.4 Å². The Morgan fingerprint density at radius 3 is 1.57 bits per heavy atom. The van der Waals surface area contributed by atoms with Crippen molar-refractivity contribution in [2.24, 2.45) is 17.3 Å². The average Bonchev–Trinajstić information content (AvgIpc) is 2.49. The van der Waals surface area contributed by atoms with E-state index in [1.165, 1.54) is 6.42 Å². The molecule has 0 aromatic carbocycles. The number of carboxylic acid groups (broad SMARTS) is 1. The lowest BCUT2D eigenvalue weighted by molar-refractivity contribution is -0.307. The summed E-state index contributed by atoms with van der Waals surface area (Å²) in [6.45, 7) is 15.2. The first kappa shape index (κ1) is 29.5. The maximum atomic E-state index is 10.2.